The number of anilines is 1. The van der Waals surface area contributed by atoms with E-state index in [0.717, 1.165) is 6.42 Å². The summed E-state index contributed by atoms with van der Waals surface area (Å²) in [6.07, 6.45) is 0.788. The molecule has 3 N–H and O–H groups in total. The van der Waals surface area contributed by atoms with E-state index in [4.69, 9.17) is 10.5 Å². The van der Waals surface area contributed by atoms with Gasteiger partial charge in [0.1, 0.15) is 5.75 Å². The molecule has 0 heterocycles. The van der Waals surface area contributed by atoms with Gasteiger partial charge in [0.25, 0.3) is 5.91 Å². The Labute approximate surface area is 118 Å². The zero-order valence-electron chi connectivity index (χ0n) is 11.4. The Bertz CT molecular complexity index is 582. The molecule has 0 saturated heterocycles. The third-order valence-corrected chi connectivity index (χ3v) is 3.07. The number of nitrogens with two attached hydrogens (primary N) is 1. The monoisotopic (exact) mass is 270 g/mol. The minimum absolute atomic E-state index is 0.183. The summed E-state index contributed by atoms with van der Waals surface area (Å²) in [5.41, 5.74) is 7.89. The highest BCUT2D eigenvalue weighted by Gasteiger charge is 2.12. The fourth-order valence-corrected chi connectivity index (χ4v) is 1.98. The zero-order chi connectivity index (χ0) is 14.4. The van der Waals surface area contributed by atoms with Crippen LogP contribution in [0.25, 0.3) is 0 Å². The Morgan fingerprint density at radius 2 is 1.90 bits per heavy atom. The number of amides is 1. The van der Waals surface area contributed by atoms with Gasteiger partial charge in [-0.3, -0.25) is 4.79 Å². The maximum atomic E-state index is 12.1. The minimum atomic E-state index is -0.183. The summed E-state index contributed by atoms with van der Waals surface area (Å²) >= 11 is 0. The number of methoxy groups -OCH3 is 1. The molecule has 0 saturated carbocycles. The van der Waals surface area contributed by atoms with Crippen molar-refractivity contribution in [2.24, 2.45) is 0 Å². The molecule has 0 aliphatic rings. The van der Waals surface area contributed by atoms with Crippen LogP contribution in [0.2, 0.25) is 0 Å². The average molecular weight is 270 g/mol. The van der Waals surface area contributed by atoms with E-state index < -0.39 is 0 Å². The third-order valence-electron chi connectivity index (χ3n) is 3.07. The molecule has 20 heavy (non-hydrogen) atoms. The molecule has 0 aliphatic carbocycles. The lowest BCUT2D eigenvalue weighted by Gasteiger charge is -2.10. The lowest BCUT2D eigenvalue weighted by molar-refractivity contribution is 0.0955. The fraction of sp³-hybridized carbons (Fsp3) is 0.188. The number of hydrogen-bond acceptors (Lipinski definition) is 3. The summed E-state index contributed by atoms with van der Waals surface area (Å²) < 4.78 is 5.10. The Morgan fingerprint density at radius 3 is 2.60 bits per heavy atom. The number of ether oxygens (including phenoxy) is 1. The maximum Gasteiger partial charge on any atom is 0.253 e. The van der Waals surface area contributed by atoms with E-state index in [9.17, 15) is 4.79 Å². The van der Waals surface area contributed by atoms with E-state index in [0.29, 0.717) is 23.5 Å². The zero-order valence-corrected chi connectivity index (χ0v) is 11.4. The molecule has 2 rings (SSSR count). The Balaban J connectivity index is 1.95. The van der Waals surface area contributed by atoms with Crippen molar-refractivity contribution in [3.8, 4) is 5.75 Å². The number of rotatable bonds is 5. The molecule has 104 valence electrons. The predicted molar refractivity (Wildman–Crippen MR) is 79.9 cm³/mol. The van der Waals surface area contributed by atoms with Gasteiger partial charge in [-0.25, -0.2) is 0 Å². The van der Waals surface area contributed by atoms with E-state index in [1.807, 2.05) is 30.3 Å². The van der Waals surface area contributed by atoms with Crippen LogP contribution in [0, 0.1) is 0 Å². The van der Waals surface area contributed by atoms with Crippen molar-refractivity contribution in [3.05, 3.63) is 59.7 Å². The Kier molecular flexibility index (Phi) is 4.60. The highest BCUT2D eigenvalue weighted by Crippen LogP contribution is 2.24. The van der Waals surface area contributed by atoms with Gasteiger partial charge in [-0.05, 0) is 24.1 Å². The van der Waals surface area contributed by atoms with Crippen LogP contribution in [0.1, 0.15) is 15.9 Å². The van der Waals surface area contributed by atoms with Crippen molar-refractivity contribution >= 4 is 11.6 Å². The summed E-state index contributed by atoms with van der Waals surface area (Å²) in [5, 5.41) is 2.87. The number of carbonyl (C=O) groups is 1. The van der Waals surface area contributed by atoms with Crippen molar-refractivity contribution in [2.45, 2.75) is 6.42 Å². The number of hydrogen-bond donors (Lipinski definition) is 2. The molecule has 0 atom stereocenters. The first-order valence-electron chi connectivity index (χ1n) is 6.47. The summed E-state index contributed by atoms with van der Waals surface area (Å²) in [4.78, 5) is 12.1. The maximum absolute atomic E-state index is 12.1. The predicted octanol–water partition coefficient (Wildman–Crippen LogP) is 2.25. The first-order valence-corrected chi connectivity index (χ1v) is 6.47. The topological polar surface area (TPSA) is 64.3 Å². The molecule has 0 unspecified atom stereocenters. The molecule has 2 aromatic rings. The molecular weight excluding hydrogens is 252 g/mol. The largest absolute Gasteiger partial charge is 0.495 e. The summed E-state index contributed by atoms with van der Waals surface area (Å²) in [6.45, 7) is 0.569. The second-order valence-electron chi connectivity index (χ2n) is 4.41. The Hall–Kier alpha value is -2.49. The van der Waals surface area contributed by atoms with Crippen molar-refractivity contribution in [1.29, 1.82) is 0 Å². The third kappa shape index (κ3) is 3.29. The van der Waals surface area contributed by atoms with E-state index in [2.05, 4.69) is 5.32 Å². The second kappa shape index (κ2) is 6.61. The van der Waals surface area contributed by atoms with Crippen LogP contribution in [0.15, 0.2) is 48.5 Å². The normalized spacial score (nSPS) is 10.1. The molecule has 0 radical (unpaired) electrons. The number of nitrogen functional groups attached to an aromatic ring is 1. The van der Waals surface area contributed by atoms with Crippen LogP contribution in [0.3, 0.4) is 0 Å². The lowest BCUT2D eigenvalue weighted by atomic mass is 10.1. The molecular formula is C16H18N2O2. The van der Waals surface area contributed by atoms with Crippen LogP contribution < -0.4 is 15.8 Å². The van der Waals surface area contributed by atoms with Gasteiger partial charge in [0.05, 0.1) is 18.4 Å². The van der Waals surface area contributed by atoms with E-state index in [1.165, 1.54) is 12.7 Å². The number of benzene rings is 2. The van der Waals surface area contributed by atoms with Gasteiger partial charge in [-0.2, -0.15) is 0 Å². The van der Waals surface area contributed by atoms with Gasteiger partial charge in [-0.15, -0.1) is 0 Å². The smallest absolute Gasteiger partial charge is 0.253 e. The van der Waals surface area contributed by atoms with Crippen molar-refractivity contribution in [2.75, 3.05) is 19.4 Å². The van der Waals surface area contributed by atoms with Crippen molar-refractivity contribution in [3.63, 3.8) is 0 Å². The molecule has 0 spiro atoms. The number of para-hydroxylation sites is 1. The second-order valence-corrected chi connectivity index (χ2v) is 4.41. The quantitative estimate of drug-likeness (QED) is 0.819. The molecule has 1 amide bonds. The van der Waals surface area contributed by atoms with Gasteiger partial charge in [0.2, 0.25) is 0 Å². The SMILES string of the molecule is COc1cccc(C(=O)NCCc2ccccc2)c1N. The van der Waals surface area contributed by atoms with Gasteiger partial charge in [-0.1, -0.05) is 36.4 Å². The van der Waals surface area contributed by atoms with Crippen LogP contribution >= 0.6 is 0 Å². The molecule has 2 aromatic carbocycles. The van der Waals surface area contributed by atoms with Crippen LogP contribution in [0.4, 0.5) is 5.69 Å². The minimum Gasteiger partial charge on any atom is -0.495 e. The summed E-state index contributed by atoms with van der Waals surface area (Å²) in [6, 6.07) is 15.2. The standard InChI is InChI=1S/C16H18N2O2/c1-20-14-9-5-8-13(15(14)17)16(19)18-11-10-12-6-3-2-4-7-12/h2-9H,10-11,17H2,1H3,(H,18,19). The number of nitrogens with one attached hydrogen (secondary N) is 1. The van der Waals surface area contributed by atoms with E-state index in [-0.39, 0.29) is 5.91 Å². The molecule has 4 nitrogen and oxygen atoms in total. The first-order chi connectivity index (χ1) is 9.72. The molecule has 4 heteroatoms. The van der Waals surface area contributed by atoms with E-state index >= 15 is 0 Å². The van der Waals surface area contributed by atoms with E-state index in [1.54, 1.807) is 18.2 Å². The Morgan fingerprint density at radius 1 is 1.15 bits per heavy atom. The molecule has 0 bridgehead atoms. The van der Waals surface area contributed by atoms with Crippen LogP contribution in [-0.2, 0) is 6.42 Å². The van der Waals surface area contributed by atoms with Crippen molar-refractivity contribution < 1.29 is 9.53 Å². The molecule has 0 fully saturated rings. The van der Waals surface area contributed by atoms with Gasteiger partial charge in [0, 0.05) is 6.54 Å². The lowest BCUT2D eigenvalue weighted by Crippen LogP contribution is -2.26. The average Bonchev–Trinajstić information content (AvgIpc) is 2.48. The molecule has 0 aliphatic heterocycles. The molecule has 0 aromatic heterocycles. The first kappa shape index (κ1) is 13.9. The number of carbonyl (C=O) groups excluding carboxylic acids is 1. The summed E-state index contributed by atoms with van der Waals surface area (Å²) in [7, 11) is 1.53. The van der Waals surface area contributed by atoms with Crippen molar-refractivity contribution in [1.82, 2.24) is 5.32 Å². The highest BCUT2D eigenvalue weighted by molar-refractivity contribution is 6.00. The fourth-order valence-electron chi connectivity index (χ4n) is 1.98. The van der Waals surface area contributed by atoms with Gasteiger partial charge >= 0.3 is 0 Å². The highest BCUT2D eigenvalue weighted by atomic mass is 16.5. The van der Waals surface area contributed by atoms with Gasteiger partial charge in [0.15, 0.2) is 0 Å². The van der Waals surface area contributed by atoms with Gasteiger partial charge < -0.3 is 15.8 Å². The summed E-state index contributed by atoms with van der Waals surface area (Å²) in [5.74, 6) is 0.332. The van der Waals surface area contributed by atoms with Crippen LogP contribution in [0.5, 0.6) is 5.75 Å². The van der Waals surface area contributed by atoms with Crippen LogP contribution in [-0.4, -0.2) is 19.6 Å².